The van der Waals surface area contributed by atoms with Crippen LogP contribution in [-0.2, 0) is 22.0 Å². The van der Waals surface area contributed by atoms with Gasteiger partial charge in [-0.1, -0.05) is 0 Å². The first-order valence-electron chi connectivity index (χ1n) is 6.69. The van der Waals surface area contributed by atoms with Crippen LogP contribution >= 0.6 is 0 Å². The van der Waals surface area contributed by atoms with E-state index in [1.54, 1.807) is 0 Å². The molecule has 0 aromatic heterocycles. The van der Waals surface area contributed by atoms with E-state index in [4.69, 9.17) is 0 Å². The molecule has 2 atom stereocenters. The van der Waals surface area contributed by atoms with E-state index in [1.165, 1.54) is 0 Å². The normalized spacial score (nSPS) is 14.2. The van der Waals surface area contributed by atoms with Crippen LogP contribution in [0.3, 0.4) is 0 Å². The van der Waals surface area contributed by atoms with Crippen LogP contribution in [-0.4, -0.2) is 8.42 Å². The lowest BCUT2D eigenvalue weighted by atomic mass is 10.2. The van der Waals surface area contributed by atoms with Crippen LogP contribution in [0.15, 0.2) is 47.2 Å². The topological polar surface area (TPSA) is 46.2 Å². The van der Waals surface area contributed by atoms with Crippen LogP contribution in [0.4, 0.5) is 17.6 Å². The maximum atomic E-state index is 13.4. The maximum absolute atomic E-state index is 13.4. The third-order valence-electron chi connectivity index (χ3n) is 2.83. The molecule has 2 unspecified atom stereocenters. The van der Waals surface area contributed by atoms with Gasteiger partial charge in [0.2, 0.25) is 0 Å². The molecule has 0 aliphatic heterocycles. The number of nitrogens with one attached hydrogen (secondary N) is 1. The van der Waals surface area contributed by atoms with E-state index >= 15 is 0 Å². The third-order valence-corrected chi connectivity index (χ3v) is 4.91. The molecule has 0 amide bonds. The molecule has 0 saturated heterocycles. The Kier molecular flexibility index (Phi) is 6.80. The van der Waals surface area contributed by atoms with Crippen molar-refractivity contribution in [2.24, 2.45) is 0 Å². The zero-order chi connectivity index (χ0) is 18.4. The van der Waals surface area contributed by atoms with E-state index in [0.29, 0.717) is 12.1 Å². The van der Waals surface area contributed by atoms with Gasteiger partial charge in [0.25, 0.3) is 0 Å². The van der Waals surface area contributed by atoms with Crippen molar-refractivity contribution in [1.29, 1.82) is 0 Å². The Morgan fingerprint density at radius 1 is 0.720 bits per heavy atom. The first-order valence-corrected chi connectivity index (χ1v) is 9.11. The SMILES string of the molecule is O=S(/C=C/c1ccc(F)cc1F)NS(=O)/C=C/c1ccc(F)cc1F. The van der Waals surface area contributed by atoms with E-state index in [9.17, 15) is 26.0 Å². The smallest absolute Gasteiger partial charge is 0.133 e. The van der Waals surface area contributed by atoms with Gasteiger partial charge >= 0.3 is 0 Å². The molecule has 0 saturated carbocycles. The lowest BCUT2D eigenvalue weighted by Gasteiger charge is -1.99. The van der Waals surface area contributed by atoms with Gasteiger partial charge in [-0.15, -0.1) is 4.13 Å². The Bertz CT molecular complexity index is 813. The van der Waals surface area contributed by atoms with Gasteiger partial charge in [-0.2, -0.15) is 0 Å². The molecular weight excluding hydrogens is 378 g/mol. The third kappa shape index (κ3) is 6.04. The van der Waals surface area contributed by atoms with E-state index < -0.39 is 45.2 Å². The molecule has 0 radical (unpaired) electrons. The first-order chi connectivity index (χ1) is 11.8. The second kappa shape index (κ2) is 8.84. The minimum Gasteiger partial charge on any atom is -0.237 e. The predicted octanol–water partition coefficient (Wildman–Crippen LogP) is 3.80. The van der Waals surface area contributed by atoms with Gasteiger partial charge in [0.1, 0.15) is 45.2 Å². The van der Waals surface area contributed by atoms with E-state index in [2.05, 4.69) is 4.13 Å². The van der Waals surface area contributed by atoms with Crippen molar-refractivity contribution >= 4 is 34.1 Å². The lowest BCUT2D eigenvalue weighted by molar-refractivity contribution is 0.581. The van der Waals surface area contributed by atoms with Gasteiger partial charge in [0, 0.05) is 34.1 Å². The van der Waals surface area contributed by atoms with Crippen molar-refractivity contribution in [3.8, 4) is 0 Å². The Hall–Kier alpha value is -2.10. The average Bonchev–Trinajstić information content (AvgIpc) is 2.53. The summed E-state index contributed by atoms with van der Waals surface area (Å²) in [7, 11) is -3.85. The molecule has 1 N–H and O–H groups in total. The zero-order valence-corrected chi connectivity index (χ0v) is 14.1. The number of benzene rings is 2. The van der Waals surface area contributed by atoms with Crippen molar-refractivity contribution in [2.45, 2.75) is 0 Å². The standard InChI is InChI=1S/C16H11F4NO2S2/c17-13-3-1-11(15(19)9-13)5-7-24(22)21-25(23)8-6-12-2-4-14(18)10-16(12)20/h1-10,21H/b7-5+,8-6+. The Morgan fingerprint density at radius 3 is 1.48 bits per heavy atom. The molecule has 0 heterocycles. The van der Waals surface area contributed by atoms with Gasteiger partial charge in [-0.05, 0) is 36.4 Å². The summed E-state index contributed by atoms with van der Waals surface area (Å²) in [5.74, 6) is -3.15. The molecule has 0 aliphatic carbocycles. The molecule has 2 rings (SSSR count). The Labute approximate surface area is 146 Å². The van der Waals surface area contributed by atoms with E-state index in [1.807, 2.05) is 0 Å². The van der Waals surface area contributed by atoms with Crippen LogP contribution in [0, 0.1) is 23.3 Å². The molecule has 0 aliphatic rings. The quantitative estimate of drug-likeness (QED) is 0.764. The minimum absolute atomic E-state index is 0.00579. The highest BCUT2D eigenvalue weighted by Crippen LogP contribution is 2.12. The molecule has 132 valence electrons. The van der Waals surface area contributed by atoms with Crippen LogP contribution in [0.25, 0.3) is 12.2 Å². The monoisotopic (exact) mass is 389 g/mol. The largest absolute Gasteiger partial charge is 0.237 e. The van der Waals surface area contributed by atoms with Crippen LogP contribution in [0.2, 0.25) is 0 Å². The summed E-state index contributed by atoms with van der Waals surface area (Å²) in [5.41, 5.74) is 0.0116. The van der Waals surface area contributed by atoms with Gasteiger partial charge in [0.15, 0.2) is 0 Å². The summed E-state index contributed by atoms with van der Waals surface area (Å²) in [5, 5.41) is 2.06. The molecule has 0 fully saturated rings. The van der Waals surface area contributed by atoms with Crippen molar-refractivity contribution in [2.75, 3.05) is 0 Å². The number of rotatable bonds is 6. The van der Waals surface area contributed by atoms with Crippen LogP contribution in [0.1, 0.15) is 11.1 Å². The van der Waals surface area contributed by atoms with Gasteiger partial charge in [-0.3, -0.25) is 0 Å². The zero-order valence-electron chi connectivity index (χ0n) is 12.4. The molecule has 0 spiro atoms. The van der Waals surface area contributed by atoms with Crippen molar-refractivity contribution in [3.05, 3.63) is 81.6 Å². The number of halogens is 4. The average molecular weight is 389 g/mol. The van der Waals surface area contributed by atoms with Crippen LogP contribution in [0.5, 0.6) is 0 Å². The number of hydrogen-bond donors (Lipinski definition) is 1. The molecule has 3 nitrogen and oxygen atoms in total. The first kappa shape index (κ1) is 19.2. The van der Waals surface area contributed by atoms with Crippen LogP contribution < -0.4 is 4.13 Å². The van der Waals surface area contributed by atoms with Gasteiger partial charge < -0.3 is 0 Å². The van der Waals surface area contributed by atoms with E-state index in [-0.39, 0.29) is 11.1 Å². The summed E-state index contributed by atoms with van der Waals surface area (Å²) >= 11 is 0. The van der Waals surface area contributed by atoms with Crippen molar-refractivity contribution in [1.82, 2.24) is 4.13 Å². The van der Waals surface area contributed by atoms with E-state index in [0.717, 1.165) is 47.2 Å². The minimum atomic E-state index is -1.93. The van der Waals surface area contributed by atoms with Gasteiger partial charge in [-0.25, -0.2) is 26.0 Å². The van der Waals surface area contributed by atoms with Crippen molar-refractivity contribution < 1.29 is 26.0 Å². The summed E-state index contributed by atoms with van der Waals surface area (Å²) in [6.07, 6.45) is 2.27. The molecule has 2 aromatic rings. The molecule has 25 heavy (non-hydrogen) atoms. The summed E-state index contributed by atoms with van der Waals surface area (Å²) in [4.78, 5) is 0. The molecular formula is C16H11F4NO2S2. The summed E-state index contributed by atoms with van der Waals surface area (Å²) in [6.45, 7) is 0. The Balaban J connectivity index is 1.96. The highest BCUT2D eigenvalue weighted by atomic mass is 32.3. The fourth-order valence-corrected chi connectivity index (χ4v) is 3.31. The lowest BCUT2D eigenvalue weighted by Crippen LogP contribution is -2.15. The fourth-order valence-electron chi connectivity index (χ4n) is 1.68. The number of hydrogen-bond acceptors (Lipinski definition) is 2. The van der Waals surface area contributed by atoms with Crippen molar-refractivity contribution in [3.63, 3.8) is 0 Å². The second-order valence-electron chi connectivity index (χ2n) is 4.62. The van der Waals surface area contributed by atoms with Gasteiger partial charge in [0.05, 0.1) is 0 Å². The summed E-state index contributed by atoms with van der Waals surface area (Å²) in [6, 6.07) is 5.75. The molecule has 9 heteroatoms. The highest BCUT2D eigenvalue weighted by Gasteiger charge is 2.04. The second-order valence-corrected chi connectivity index (χ2v) is 7.02. The molecule has 2 aromatic carbocycles. The fraction of sp³-hybridized carbons (Fsp3) is 0. The highest BCUT2D eigenvalue weighted by molar-refractivity contribution is 8.01. The Morgan fingerprint density at radius 2 is 1.12 bits per heavy atom. The predicted molar refractivity (Wildman–Crippen MR) is 90.2 cm³/mol. The maximum Gasteiger partial charge on any atom is 0.133 e. The summed E-state index contributed by atoms with van der Waals surface area (Å²) < 4.78 is 77.9. The molecule has 0 bridgehead atoms.